The Morgan fingerprint density at radius 3 is 2.89 bits per heavy atom. The molecule has 0 aliphatic carbocycles. The number of methoxy groups -OCH3 is 1. The van der Waals surface area contributed by atoms with E-state index in [0.717, 1.165) is 5.56 Å². The molecule has 2 amide bonds. The molecule has 0 radical (unpaired) electrons. The average Bonchev–Trinajstić information content (AvgIpc) is 3.34. The molecule has 2 aliphatic heterocycles. The van der Waals surface area contributed by atoms with Gasteiger partial charge in [-0.2, -0.15) is 0 Å². The molecule has 1 spiro atoms. The highest BCUT2D eigenvalue weighted by Gasteiger charge is 2.49. The van der Waals surface area contributed by atoms with Gasteiger partial charge in [0.25, 0.3) is 5.91 Å². The van der Waals surface area contributed by atoms with Crippen LogP contribution in [0, 0.1) is 5.82 Å². The number of anilines is 1. The number of amides is 2. The number of fused-ring (bicyclic) bond motifs is 2. The fraction of sp³-hybridized carbons (Fsp3) is 0.333. The number of H-pyrrole nitrogens is 1. The Morgan fingerprint density at radius 1 is 1.31 bits per heavy atom. The first kappa shape index (κ1) is 23.3. The first-order chi connectivity index (χ1) is 16.9. The maximum Gasteiger partial charge on any atom is 0.412 e. The lowest BCUT2D eigenvalue weighted by Crippen LogP contribution is -2.53. The van der Waals surface area contributed by atoms with E-state index < -0.39 is 23.4 Å². The third kappa shape index (κ3) is 4.23. The van der Waals surface area contributed by atoms with Crippen LogP contribution in [0.15, 0.2) is 42.5 Å². The number of carbonyl (C=O) groups is 2. The van der Waals surface area contributed by atoms with Crippen molar-refractivity contribution in [3.8, 4) is 0 Å². The highest BCUT2D eigenvalue weighted by atomic mass is 35.5. The van der Waals surface area contributed by atoms with Crippen LogP contribution in [-0.4, -0.2) is 58.9 Å². The maximum absolute atomic E-state index is 15.1. The van der Waals surface area contributed by atoms with Gasteiger partial charge in [-0.3, -0.25) is 15.2 Å². The molecule has 11 heteroatoms. The number of rotatable bonds is 5. The van der Waals surface area contributed by atoms with E-state index in [1.54, 1.807) is 7.11 Å². The van der Waals surface area contributed by atoms with Crippen LogP contribution in [0.3, 0.4) is 0 Å². The summed E-state index contributed by atoms with van der Waals surface area (Å²) in [5, 5.41) is 9.43. The van der Waals surface area contributed by atoms with E-state index in [9.17, 15) is 9.59 Å². The van der Waals surface area contributed by atoms with Crippen LogP contribution in [0.1, 0.15) is 46.3 Å². The molecular weight excluding hydrogens is 477 g/mol. The second kappa shape index (κ2) is 9.27. The number of aromatic amines is 1. The lowest BCUT2D eigenvalue weighted by Gasteiger charge is -2.44. The Labute approximate surface area is 205 Å². The summed E-state index contributed by atoms with van der Waals surface area (Å²) >= 11 is 6.03. The standard InChI is InChI=1S/C24H23ClFN5O4/c1-34-12-15(14-6-3-2-4-7-14)20-28-21(30-29-20)22(32)31-11-5-10-24(13-31)18-17(27-23(33)35-24)9-8-16(25)19(18)26/h2-4,6-9,15H,5,10-13H2,1H3,(H,27,33)(H,28,29,30)/t15?,24-/m0/s1. The van der Waals surface area contributed by atoms with Crippen LogP contribution in [0.25, 0.3) is 0 Å². The van der Waals surface area contributed by atoms with Crippen LogP contribution < -0.4 is 5.32 Å². The Bertz CT molecular complexity index is 1270. The molecule has 2 aliphatic rings. The molecule has 1 saturated heterocycles. The Morgan fingerprint density at radius 2 is 2.11 bits per heavy atom. The summed E-state index contributed by atoms with van der Waals surface area (Å²) in [4.78, 5) is 31.6. The van der Waals surface area contributed by atoms with E-state index in [0.29, 0.717) is 31.8 Å². The summed E-state index contributed by atoms with van der Waals surface area (Å²) in [7, 11) is 1.59. The van der Waals surface area contributed by atoms with Gasteiger partial charge in [-0.05, 0) is 30.5 Å². The number of hydrogen-bond donors (Lipinski definition) is 2. The largest absolute Gasteiger partial charge is 0.436 e. The van der Waals surface area contributed by atoms with E-state index in [-0.39, 0.29) is 34.6 Å². The predicted molar refractivity (Wildman–Crippen MR) is 125 cm³/mol. The summed E-state index contributed by atoms with van der Waals surface area (Å²) in [5.41, 5.74) is 0.0272. The normalized spacial score (nSPS) is 20.2. The molecule has 0 bridgehead atoms. The number of benzene rings is 2. The number of ether oxygens (including phenoxy) is 2. The minimum Gasteiger partial charge on any atom is -0.436 e. The zero-order valence-electron chi connectivity index (χ0n) is 18.9. The summed E-state index contributed by atoms with van der Waals surface area (Å²) in [5.74, 6) is -0.902. The lowest BCUT2D eigenvalue weighted by atomic mass is 9.83. The number of nitrogens with zero attached hydrogens (tertiary/aromatic N) is 3. The van der Waals surface area contributed by atoms with Crippen LogP contribution in [-0.2, 0) is 15.1 Å². The molecule has 5 rings (SSSR count). The van der Waals surface area contributed by atoms with Gasteiger partial charge < -0.3 is 14.4 Å². The van der Waals surface area contributed by atoms with E-state index in [2.05, 4.69) is 20.5 Å². The van der Waals surface area contributed by atoms with Crippen molar-refractivity contribution in [3.05, 3.63) is 76.1 Å². The van der Waals surface area contributed by atoms with E-state index in [4.69, 9.17) is 21.1 Å². The first-order valence-corrected chi connectivity index (χ1v) is 11.5. The molecule has 182 valence electrons. The zero-order chi connectivity index (χ0) is 24.6. The molecule has 0 saturated carbocycles. The molecule has 9 nitrogen and oxygen atoms in total. The minimum absolute atomic E-state index is 0.0267. The second-order valence-electron chi connectivity index (χ2n) is 8.59. The maximum atomic E-state index is 15.1. The highest BCUT2D eigenvalue weighted by Crippen LogP contribution is 2.45. The number of nitrogens with one attached hydrogen (secondary N) is 2. The van der Waals surface area contributed by atoms with Crippen LogP contribution in [0.2, 0.25) is 5.02 Å². The van der Waals surface area contributed by atoms with Crippen molar-refractivity contribution in [1.29, 1.82) is 0 Å². The second-order valence-corrected chi connectivity index (χ2v) is 8.99. The van der Waals surface area contributed by atoms with Gasteiger partial charge in [0.1, 0.15) is 5.82 Å². The zero-order valence-corrected chi connectivity index (χ0v) is 19.6. The number of halogens is 2. The Balaban J connectivity index is 1.43. The van der Waals surface area contributed by atoms with Crippen molar-refractivity contribution in [2.24, 2.45) is 0 Å². The molecule has 2 N–H and O–H groups in total. The topological polar surface area (TPSA) is 109 Å². The molecule has 2 aromatic carbocycles. The van der Waals surface area contributed by atoms with E-state index >= 15 is 4.39 Å². The Hall–Kier alpha value is -3.50. The van der Waals surface area contributed by atoms with E-state index in [1.807, 2.05) is 30.3 Å². The fourth-order valence-corrected chi connectivity index (χ4v) is 4.96. The molecule has 35 heavy (non-hydrogen) atoms. The number of piperidine rings is 1. The van der Waals surface area contributed by atoms with Gasteiger partial charge in [0.2, 0.25) is 5.82 Å². The number of likely N-dealkylation sites (tertiary alicyclic amines) is 1. The van der Waals surface area contributed by atoms with Crippen molar-refractivity contribution in [1.82, 2.24) is 20.1 Å². The third-order valence-electron chi connectivity index (χ3n) is 6.38. The summed E-state index contributed by atoms with van der Waals surface area (Å²) in [6.45, 7) is 0.681. The van der Waals surface area contributed by atoms with Crippen LogP contribution in [0.5, 0.6) is 0 Å². The van der Waals surface area contributed by atoms with Crippen molar-refractivity contribution < 1.29 is 23.5 Å². The van der Waals surface area contributed by atoms with Gasteiger partial charge >= 0.3 is 6.09 Å². The summed E-state index contributed by atoms with van der Waals surface area (Å²) < 4.78 is 26.1. The molecule has 1 aromatic heterocycles. The van der Waals surface area contributed by atoms with Crippen molar-refractivity contribution in [3.63, 3.8) is 0 Å². The van der Waals surface area contributed by atoms with Gasteiger partial charge in [-0.15, -0.1) is 5.10 Å². The molecular formula is C24H23ClFN5O4. The van der Waals surface area contributed by atoms with E-state index in [1.165, 1.54) is 17.0 Å². The third-order valence-corrected chi connectivity index (χ3v) is 6.67. The van der Waals surface area contributed by atoms with Gasteiger partial charge in [0.15, 0.2) is 11.4 Å². The summed E-state index contributed by atoms with van der Waals surface area (Å²) in [6.07, 6.45) is 0.120. The molecule has 3 heterocycles. The van der Waals surface area contributed by atoms with Crippen molar-refractivity contribution >= 4 is 29.3 Å². The van der Waals surface area contributed by atoms with Gasteiger partial charge in [0.05, 0.1) is 35.3 Å². The predicted octanol–water partition coefficient (Wildman–Crippen LogP) is 4.07. The monoisotopic (exact) mass is 499 g/mol. The van der Waals surface area contributed by atoms with Gasteiger partial charge in [0, 0.05) is 13.7 Å². The quantitative estimate of drug-likeness (QED) is 0.547. The first-order valence-electron chi connectivity index (χ1n) is 11.2. The van der Waals surface area contributed by atoms with Crippen molar-refractivity contribution in [2.45, 2.75) is 24.4 Å². The number of carbonyl (C=O) groups excluding carboxylic acids is 2. The van der Waals surface area contributed by atoms with Gasteiger partial charge in [-0.25, -0.2) is 14.2 Å². The molecule has 1 unspecified atom stereocenters. The fourth-order valence-electron chi connectivity index (χ4n) is 4.80. The number of hydrogen-bond acceptors (Lipinski definition) is 6. The smallest absolute Gasteiger partial charge is 0.412 e. The van der Waals surface area contributed by atoms with Gasteiger partial charge in [-0.1, -0.05) is 41.9 Å². The molecule has 3 aromatic rings. The summed E-state index contributed by atoms with van der Waals surface area (Å²) in [6, 6.07) is 12.5. The SMILES string of the molecule is COCC(c1ccccc1)c1nc(C(=O)N2CCC[C@@]3(C2)OC(=O)Nc2ccc(Cl)c(F)c23)n[nH]1. The van der Waals surface area contributed by atoms with Crippen molar-refractivity contribution in [2.75, 3.05) is 32.1 Å². The minimum atomic E-state index is -1.36. The lowest BCUT2D eigenvalue weighted by molar-refractivity contribution is -0.0420. The Kier molecular flexibility index (Phi) is 6.16. The van der Waals surface area contributed by atoms with Crippen LogP contribution >= 0.6 is 11.6 Å². The molecule has 1 fully saturated rings. The average molecular weight is 500 g/mol. The highest BCUT2D eigenvalue weighted by molar-refractivity contribution is 6.31. The van der Waals surface area contributed by atoms with Crippen LogP contribution in [0.4, 0.5) is 14.9 Å². The molecule has 2 atom stereocenters. The number of aromatic nitrogens is 3.